The molecule has 1 aromatic heterocycles. The van der Waals surface area contributed by atoms with Gasteiger partial charge in [0.1, 0.15) is 5.76 Å². The molecule has 7 heteroatoms. The minimum absolute atomic E-state index is 0.0715. The average molecular weight is 390 g/mol. The Morgan fingerprint density at radius 1 is 0.962 bits per heavy atom. The number of halogens is 2. The zero-order valence-electron chi connectivity index (χ0n) is 13.3. The van der Waals surface area contributed by atoms with Crippen molar-refractivity contribution in [3.8, 4) is 11.3 Å². The Hall–Kier alpha value is -2.76. The van der Waals surface area contributed by atoms with Crippen molar-refractivity contribution in [2.75, 3.05) is 5.32 Å². The van der Waals surface area contributed by atoms with Gasteiger partial charge in [-0.25, -0.2) is 0 Å². The minimum Gasteiger partial charge on any atom is -0.481 e. The van der Waals surface area contributed by atoms with Crippen LogP contribution < -0.4 is 5.32 Å². The fourth-order valence-electron chi connectivity index (χ4n) is 2.38. The molecular weight excluding hydrogens is 377 g/mol. The first-order chi connectivity index (χ1) is 12.4. The van der Waals surface area contributed by atoms with Crippen molar-refractivity contribution in [3.63, 3.8) is 0 Å². The second-order valence-electron chi connectivity index (χ2n) is 5.54. The highest BCUT2D eigenvalue weighted by atomic mass is 35.5. The molecule has 1 amide bonds. The molecule has 0 saturated carbocycles. The van der Waals surface area contributed by atoms with Crippen molar-refractivity contribution in [2.45, 2.75) is 6.42 Å². The quantitative estimate of drug-likeness (QED) is 0.633. The number of carbonyl (C=O) groups is 2. The summed E-state index contributed by atoms with van der Waals surface area (Å²) in [6.07, 6.45) is -0.0715. The lowest BCUT2D eigenvalue weighted by atomic mass is 10.1. The van der Waals surface area contributed by atoms with Gasteiger partial charge in [-0.3, -0.25) is 9.59 Å². The summed E-state index contributed by atoms with van der Waals surface area (Å²) in [5.41, 5.74) is 1.85. The van der Waals surface area contributed by atoms with E-state index in [9.17, 15) is 9.59 Å². The van der Waals surface area contributed by atoms with Crippen LogP contribution in [0.5, 0.6) is 0 Å². The zero-order chi connectivity index (χ0) is 18.7. The number of hydrogen-bond acceptors (Lipinski definition) is 3. The Kier molecular flexibility index (Phi) is 5.30. The van der Waals surface area contributed by atoms with Gasteiger partial charge in [0.25, 0.3) is 5.91 Å². The van der Waals surface area contributed by atoms with Crippen LogP contribution in [-0.2, 0) is 11.2 Å². The van der Waals surface area contributed by atoms with Crippen LogP contribution in [0.25, 0.3) is 11.3 Å². The highest BCUT2D eigenvalue weighted by Crippen LogP contribution is 2.28. The van der Waals surface area contributed by atoms with Crippen molar-refractivity contribution >= 4 is 40.8 Å². The molecule has 0 saturated heterocycles. The molecule has 0 fully saturated rings. The number of nitrogens with one attached hydrogen (secondary N) is 1. The summed E-state index contributed by atoms with van der Waals surface area (Å²) in [6.45, 7) is 0. The number of benzene rings is 2. The number of aliphatic carboxylic acids is 1. The molecule has 132 valence electrons. The largest absolute Gasteiger partial charge is 0.481 e. The van der Waals surface area contributed by atoms with Crippen LogP contribution in [0.3, 0.4) is 0 Å². The van der Waals surface area contributed by atoms with Gasteiger partial charge in [0, 0.05) is 21.3 Å². The Morgan fingerprint density at radius 2 is 1.62 bits per heavy atom. The maximum Gasteiger partial charge on any atom is 0.307 e. The third-order valence-corrected chi connectivity index (χ3v) is 3.98. The first-order valence-electron chi connectivity index (χ1n) is 7.59. The monoisotopic (exact) mass is 389 g/mol. The molecule has 0 aliphatic carbocycles. The maximum absolute atomic E-state index is 12.3. The number of carboxylic acid groups (broad SMARTS) is 1. The van der Waals surface area contributed by atoms with E-state index in [0.29, 0.717) is 32.6 Å². The normalized spacial score (nSPS) is 10.5. The van der Waals surface area contributed by atoms with E-state index in [0.717, 1.165) is 0 Å². The molecule has 2 N–H and O–H groups in total. The average Bonchev–Trinajstić information content (AvgIpc) is 3.05. The number of hydrogen-bond donors (Lipinski definition) is 2. The van der Waals surface area contributed by atoms with Gasteiger partial charge in [-0.15, -0.1) is 0 Å². The second kappa shape index (κ2) is 7.64. The fourth-order valence-corrected chi connectivity index (χ4v) is 2.91. The van der Waals surface area contributed by atoms with Crippen LogP contribution in [-0.4, -0.2) is 17.0 Å². The second-order valence-corrected chi connectivity index (χ2v) is 6.42. The van der Waals surface area contributed by atoms with Crippen molar-refractivity contribution in [1.29, 1.82) is 0 Å². The zero-order valence-corrected chi connectivity index (χ0v) is 14.8. The predicted molar refractivity (Wildman–Crippen MR) is 99.9 cm³/mol. The molecule has 0 aliphatic heterocycles. The number of anilines is 1. The van der Waals surface area contributed by atoms with Gasteiger partial charge in [0.05, 0.1) is 6.42 Å². The third kappa shape index (κ3) is 4.45. The first-order valence-corrected chi connectivity index (χ1v) is 8.35. The lowest BCUT2D eigenvalue weighted by Gasteiger charge is -2.04. The SMILES string of the molecule is O=C(O)Cc1ccc(NC(=O)c2ccc(-c3cc(Cl)cc(Cl)c3)o2)cc1. The highest BCUT2D eigenvalue weighted by Gasteiger charge is 2.13. The lowest BCUT2D eigenvalue weighted by molar-refractivity contribution is -0.136. The third-order valence-electron chi connectivity index (χ3n) is 3.54. The smallest absolute Gasteiger partial charge is 0.307 e. The fraction of sp³-hybridized carbons (Fsp3) is 0.0526. The minimum atomic E-state index is -0.911. The number of rotatable bonds is 5. The number of carbonyl (C=O) groups excluding carboxylic acids is 1. The molecule has 0 radical (unpaired) electrons. The maximum atomic E-state index is 12.3. The van der Waals surface area contributed by atoms with E-state index < -0.39 is 11.9 Å². The topological polar surface area (TPSA) is 79.5 Å². The van der Waals surface area contributed by atoms with E-state index in [1.54, 1.807) is 54.6 Å². The molecule has 0 aliphatic rings. The number of furan rings is 1. The Bertz CT molecular complexity index is 944. The van der Waals surface area contributed by atoms with Crippen LogP contribution in [0, 0.1) is 0 Å². The molecule has 0 unspecified atom stereocenters. The van der Waals surface area contributed by atoms with E-state index >= 15 is 0 Å². The van der Waals surface area contributed by atoms with Crippen LogP contribution in [0.4, 0.5) is 5.69 Å². The molecule has 3 aromatic rings. The van der Waals surface area contributed by atoms with Crippen molar-refractivity contribution < 1.29 is 19.1 Å². The molecule has 0 atom stereocenters. The highest BCUT2D eigenvalue weighted by molar-refractivity contribution is 6.35. The van der Waals surface area contributed by atoms with Crippen LogP contribution >= 0.6 is 23.2 Å². The van der Waals surface area contributed by atoms with Crippen LogP contribution in [0.2, 0.25) is 10.0 Å². The molecule has 0 bridgehead atoms. The van der Waals surface area contributed by atoms with E-state index in [-0.39, 0.29) is 12.2 Å². The molecule has 26 heavy (non-hydrogen) atoms. The number of amides is 1. The van der Waals surface area contributed by atoms with E-state index in [1.165, 1.54) is 0 Å². The van der Waals surface area contributed by atoms with Crippen LogP contribution in [0.15, 0.2) is 59.0 Å². The van der Waals surface area contributed by atoms with Crippen molar-refractivity contribution in [2.24, 2.45) is 0 Å². The van der Waals surface area contributed by atoms with Gasteiger partial charge in [0.15, 0.2) is 5.76 Å². The standard InChI is InChI=1S/C19H13Cl2NO4/c20-13-8-12(9-14(21)10-13)16-5-6-17(26-16)19(25)22-15-3-1-11(2-4-15)7-18(23)24/h1-6,8-10H,7H2,(H,22,25)(H,23,24). The van der Waals surface area contributed by atoms with Crippen molar-refractivity contribution in [1.82, 2.24) is 0 Å². The Balaban J connectivity index is 1.73. The lowest BCUT2D eigenvalue weighted by Crippen LogP contribution is -2.10. The summed E-state index contributed by atoms with van der Waals surface area (Å²) in [5.74, 6) is -0.733. The first kappa shape index (κ1) is 18.0. The van der Waals surface area contributed by atoms with E-state index in [1.807, 2.05) is 0 Å². The number of carboxylic acids is 1. The van der Waals surface area contributed by atoms with Crippen molar-refractivity contribution in [3.05, 3.63) is 76.0 Å². The molecule has 2 aromatic carbocycles. The van der Waals surface area contributed by atoms with Gasteiger partial charge in [-0.2, -0.15) is 0 Å². The Labute approximate surface area is 159 Å². The molecule has 3 rings (SSSR count). The van der Waals surface area contributed by atoms with E-state index in [4.69, 9.17) is 32.7 Å². The van der Waals surface area contributed by atoms with Gasteiger partial charge in [0.2, 0.25) is 0 Å². The summed E-state index contributed by atoms with van der Waals surface area (Å²) in [4.78, 5) is 23.0. The summed E-state index contributed by atoms with van der Waals surface area (Å²) in [5, 5.41) is 12.4. The molecular formula is C19H13Cl2NO4. The molecule has 5 nitrogen and oxygen atoms in total. The molecule has 0 spiro atoms. The summed E-state index contributed by atoms with van der Waals surface area (Å²) in [6, 6.07) is 14.8. The summed E-state index contributed by atoms with van der Waals surface area (Å²) in [7, 11) is 0. The van der Waals surface area contributed by atoms with Gasteiger partial charge in [-0.05, 0) is 48.0 Å². The van der Waals surface area contributed by atoms with Gasteiger partial charge in [-0.1, -0.05) is 35.3 Å². The summed E-state index contributed by atoms with van der Waals surface area (Å²) < 4.78 is 5.58. The van der Waals surface area contributed by atoms with Gasteiger partial charge >= 0.3 is 5.97 Å². The predicted octanol–water partition coefficient (Wildman–Crippen LogP) is 5.13. The van der Waals surface area contributed by atoms with Gasteiger partial charge < -0.3 is 14.8 Å². The summed E-state index contributed by atoms with van der Waals surface area (Å²) >= 11 is 12.0. The van der Waals surface area contributed by atoms with Crippen LogP contribution in [0.1, 0.15) is 16.1 Å². The Morgan fingerprint density at radius 3 is 2.23 bits per heavy atom. The molecule has 1 heterocycles. The van der Waals surface area contributed by atoms with E-state index in [2.05, 4.69) is 5.32 Å².